The van der Waals surface area contributed by atoms with Crippen molar-refractivity contribution in [2.45, 2.75) is 62.9 Å². The molecule has 1 aliphatic heterocycles. The van der Waals surface area contributed by atoms with Gasteiger partial charge in [0, 0.05) is 23.6 Å². The van der Waals surface area contributed by atoms with Gasteiger partial charge in [-0.25, -0.2) is 4.79 Å². The number of carbonyl (C=O) groups is 1. The van der Waals surface area contributed by atoms with E-state index < -0.39 is 5.60 Å². The van der Waals surface area contributed by atoms with Crippen LogP contribution < -0.4 is 0 Å². The molecule has 0 radical (unpaired) electrons. The second kappa shape index (κ2) is 7.02. The first-order valence-corrected chi connectivity index (χ1v) is 8.70. The van der Waals surface area contributed by atoms with E-state index in [4.69, 9.17) is 9.47 Å². The van der Waals surface area contributed by atoms with Gasteiger partial charge in [-0.15, -0.1) is 0 Å². The molecule has 21 heavy (non-hydrogen) atoms. The Kier molecular flexibility index (Phi) is 6.36. The molecule has 0 bridgehead atoms. The van der Waals surface area contributed by atoms with Crippen molar-refractivity contribution in [3.05, 3.63) is 0 Å². The van der Waals surface area contributed by atoms with Gasteiger partial charge in [-0.3, -0.25) is 0 Å². The monoisotopic (exact) mass is 411 g/mol. The zero-order valence-electron chi connectivity index (χ0n) is 14.3. The van der Waals surface area contributed by atoms with E-state index in [1.807, 2.05) is 25.7 Å². The molecule has 1 rings (SSSR count). The van der Waals surface area contributed by atoms with Crippen LogP contribution in [0.15, 0.2) is 0 Å². The third-order valence-corrected chi connectivity index (χ3v) is 4.75. The minimum Gasteiger partial charge on any atom is -0.444 e. The molecule has 0 aromatic rings. The summed E-state index contributed by atoms with van der Waals surface area (Å²) in [6.07, 6.45) is 2.83. The van der Waals surface area contributed by atoms with Gasteiger partial charge in [0.2, 0.25) is 0 Å². The van der Waals surface area contributed by atoms with E-state index in [0.717, 1.165) is 39.0 Å². The molecule has 1 heterocycles. The zero-order chi connectivity index (χ0) is 16.3. The molecule has 1 unspecified atom stereocenters. The van der Waals surface area contributed by atoms with Crippen LogP contribution in [0.4, 0.5) is 4.79 Å². The summed E-state index contributed by atoms with van der Waals surface area (Å²) >= 11 is 2.53. The van der Waals surface area contributed by atoms with Crippen molar-refractivity contribution >= 4 is 28.7 Å². The number of methoxy groups -OCH3 is 1. The van der Waals surface area contributed by atoms with Gasteiger partial charge in [-0.2, -0.15) is 0 Å². The van der Waals surface area contributed by atoms with Gasteiger partial charge in [0.05, 0.1) is 6.61 Å². The van der Waals surface area contributed by atoms with Crippen LogP contribution in [0.2, 0.25) is 0 Å². The molecule has 0 N–H and O–H groups in total. The van der Waals surface area contributed by atoms with E-state index in [1.165, 1.54) is 0 Å². The molecular formula is C16H30INO3. The molecule has 2 atom stereocenters. The molecular weight excluding hydrogens is 381 g/mol. The van der Waals surface area contributed by atoms with Gasteiger partial charge in [0.15, 0.2) is 0 Å². The summed E-state index contributed by atoms with van der Waals surface area (Å²) in [7, 11) is 1.75. The maximum Gasteiger partial charge on any atom is 0.410 e. The normalized spacial score (nSPS) is 31.5. The Bertz CT molecular complexity index is 365. The second-order valence-corrected chi connectivity index (χ2v) is 10.4. The fourth-order valence-corrected chi connectivity index (χ4v) is 4.09. The van der Waals surface area contributed by atoms with Crippen molar-refractivity contribution in [2.24, 2.45) is 5.41 Å². The average molecular weight is 411 g/mol. The average Bonchev–Trinajstić information content (AvgIpc) is 2.23. The largest absolute Gasteiger partial charge is 0.444 e. The van der Waals surface area contributed by atoms with Gasteiger partial charge in [-0.05, 0) is 45.4 Å². The number of amides is 1. The molecule has 1 fully saturated rings. The van der Waals surface area contributed by atoms with Crippen molar-refractivity contribution in [3.63, 3.8) is 0 Å². The van der Waals surface area contributed by atoms with Crippen LogP contribution in [0.3, 0.4) is 0 Å². The number of likely N-dealkylation sites (tertiary alicyclic amines) is 1. The fraction of sp³-hybridized carbons (Fsp3) is 0.938. The standard InChI is InChI=1S/C16H30INO3/c1-14(2,3)21-13(19)18-9-7-15(4,12-20-6)11-16(5,17)8-10-18/h7-12H2,1-6H3/t15-,16?/m0/s1. The molecule has 5 heteroatoms. The summed E-state index contributed by atoms with van der Waals surface area (Å²) in [5, 5.41) is 0. The molecule has 4 nitrogen and oxygen atoms in total. The SMILES string of the molecule is COC[C@@]1(C)CCN(C(=O)OC(C)(C)C)CCC(C)(I)C1. The lowest BCUT2D eigenvalue weighted by atomic mass is 9.77. The molecule has 1 aliphatic rings. The number of rotatable bonds is 2. The quantitative estimate of drug-likeness (QED) is 0.504. The second-order valence-electron chi connectivity index (χ2n) is 7.80. The van der Waals surface area contributed by atoms with Gasteiger partial charge < -0.3 is 14.4 Å². The highest BCUT2D eigenvalue weighted by Crippen LogP contribution is 2.41. The summed E-state index contributed by atoms with van der Waals surface area (Å²) in [6, 6.07) is 0. The molecule has 1 saturated heterocycles. The third-order valence-electron chi connectivity index (χ3n) is 3.83. The van der Waals surface area contributed by atoms with Gasteiger partial charge in [0.1, 0.15) is 5.60 Å². The van der Waals surface area contributed by atoms with Gasteiger partial charge in [-0.1, -0.05) is 36.4 Å². The van der Waals surface area contributed by atoms with Crippen molar-refractivity contribution in [1.82, 2.24) is 4.90 Å². The zero-order valence-corrected chi connectivity index (χ0v) is 16.5. The highest BCUT2D eigenvalue weighted by molar-refractivity contribution is 14.1. The number of halogens is 1. The number of ether oxygens (including phenoxy) is 2. The summed E-state index contributed by atoms with van der Waals surface area (Å²) in [5.41, 5.74) is -0.339. The Morgan fingerprint density at radius 1 is 1.24 bits per heavy atom. The Morgan fingerprint density at radius 3 is 2.33 bits per heavy atom. The number of alkyl halides is 1. The van der Waals surface area contributed by atoms with Crippen LogP contribution in [0, 0.1) is 5.41 Å². The van der Waals surface area contributed by atoms with E-state index in [-0.39, 0.29) is 14.9 Å². The first-order chi connectivity index (χ1) is 9.46. The third kappa shape index (κ3) is 6.72. The minimum atomic E-state index is -0.442. The van der Waals surface area contributed by atoms with E-state index in [2.05, 4.69) is 36.4 Å². The molecule has 0 aromatic carbocycles. The Hall–Kier alpha value is -0.0400. The van der Waals surface area contributed by atoms with Crippen molar-refractivity contribution in [2.75, 3.05) is 26.8 Å². The highest BCUT2D eigenvalue weighted by atomic mass is 127. The number of nitrogens with zero attached hydrogens (tertiary/aromatic N) is 1. The Morgan fingerprint density at radius 2 is 1.81 bits per heavy atom. The van der Waals surface area contributed by atoms with Gasteiger partial charge >= 0.3 is 6.09 Å². The summed E-state index contributed by atoms with van der Waals surface area (Å²) < 4.78 is 11.1. The molecule has 1 amide bonds. The summed E-state index contributed by atoms with van der Waals surface area (Å²) in [5.74, 6) is 0. The Labute approximate surface area is 143 Å². The Balaban J connectivity index is 2.80. The van der Waals surface area contributed by atoms with Crippen molar-refractivity contribution in [1.29, 1.82) is 0 Å². The topological polar surface area (TPSA) is 38.8 Å². The van der Waals surface area contributed by atoms with Gasteiger partial charge in [0.25, 0.3) is 0 Å². The van der Waals surface area contributed by atoms with E-state index in [0.29, 0.717) is 0 Å². The highest BCUT2D eigenvalue weighted by Gasteiger charge is 2.37. The lowest BCUT2D eigenvalue weighted by Crippen LogP contribution is -2.45. The smallest absolute Gasteiger partial charge is 0.410 e. The van der Waals surface area contributed by atoms with Crippen LogP contribution in [0.25, 0.3) is 0 Å². The number of hydrogen-bond donors (Lipinski definition) is 0. The van der Waals surface area contributed by atoms with Crippen molar-refractivity contribution in [3.8, 4) is 0 Å². The lowest BCUT2D eigenvalue weighted by Gasteiger charge is -2.41. The lowest BCUT2D eigenvalue weighted by molar-refractivity contribution is 0.0116. The van der Waals surface area contributed by atoms with Crippen LogP contribution >= 0.6 is 22.6 Å². The van der Waals surface area contributed by atoms with Crippen LogP contribution in [-0.4, -0.2) is 46.8 Å². The van der Waals surface area contributed by atoms with E-state index >= 15 is 0 Å². The van der Waals surface area contributed by atoms with E-state index in [1.54, 1.807) is 7.11 Å². The first kappa shape index (κ1) is 19.0. The fourth-order valence-electron chi connectivity index (χ4n) is 2.93. The maximum atomic E-state index is 12.3. The van der Waals surface area contributed by atoms with Crippen LogP contribution in [-0.2, 0) is 9.47 Å². The number of hydrogen-bond acceptors (Lipinski definition) is 3. The molecule has 124 valence electrons. The van der Waals surface area contributed by atoms with Crippen molar-refractivity contribution < 1.29 is 14.3 Å². The maximum absolute atomic E-state index is 12.3. The molecule has 0 aliphatic carbocycles. The molecule has 0 aromatic heterocycles. The first-order valence-electron chi connectivity index (χ1n) is 7.62. The van der Waals surface area contributed by atoms with E-state index in [9.17, 15) is 4.79 Å². The van der Waals surface area contributed by atoms with Crippen LogP contribution in [0.1, 0.15) is 53.9 Å². The molecule has 0 spiro atoms. The number of carbonyl (C=O) groups excluding carboxylic acids is 1. The predicted octanol–water partition coefficient (Wildman–Crippen LogP) is 4.25. The summed E-state index contributed by atoms with van der Waals surface area (Å²) in [4.78, 5) is 14.2. The predicted molar refractivity (Wildman–Crippen MR) is 94.1 cm³/mol. The van der Waals surface area contributed by atoms with Crippen LogP contribution in [0.5, 0.6) is 0 Å². The molecule has 0 saturated carbocycles. The minimum absolute atomic E-state index is 0.103. The summed E-state index contributed by atoms with van der Waals surface area (Å²) in [6.45, 7) is 12.5.